The van der Waals surface area contributed by atoms with Crippen LogP contribution in [0.3, 0.4) is 0 Å². The van der Waals surface area contributed by atoms with Gasteiger partial charge in [0.1, 0.15) is 0 Å². The topological polar surface area (TPSA) is 18.5 Å². The minimum Gasteiger partial charge on any atom is -0.400 e. The van der Waals surface area contributed by atoms with Crippen molar-refractivity contribution in [3.05, 3.63) is 102 Å². The fourth-order valence-corrected chi connectivity index (χ4v) is 4.25. The van der Waals surface area contributed by atoms with E-state index in [4.69, 9.17) is 9.31 Å². The molecule has 0 spiro atoms. The van der Waals surface area contributed by atoms with Crippen LogP contribution >= 0.6 is 0 Å². The summed E-state index contributed by atoms with van der Waals surface area (Å²) < 4.78 is 13.3. The third-order valence-corrected chi connectivity index (χ3v) is 5.76. The Morgan fingerprint density at radius 3 is 1.96 bits per heavy atom. The summed E-state index contributed by atoms with van der Waals surface area (Å²) in [7, 11) is -0.396. The highest BCUT2D eigenvalue weighted by molar-refractivity contribution is 6.61. The van der Waals surface area contributed by atoms with Gasteiger partial charge in [0.2, 0.25) is 0 Å². The van der Waals surface area contributed by atoms with Gasteiger partial charge in [0.25, 0.3) is 0 Å². The monoisotopic (exact) mass is 356 g/mol. The molecule has 0 saturated carbocycles. The standard InChI is InChI=1S/C24H25BO2/c1-3-24(21-15-9-5-10-16-21)19(2)23(20-13-7-4-8-14-20)26-25(27-24)22-17-11-6-12-18-22/h4-19,23H,3H2,1-2H3/t19-,23-,24-/m0/s1. The van der Waals surface area contributed by atoms with Crippen LogP contribution in [-0.2, 0) is 14.9 Å². The molecule has 0 radical (unpaired) electrons. The summed E-state index contributed by atoms with van der Waals surface area (Å²) >= 11 is 0. The number of hydrogen-bond donors (Lipinski definition) is 0. The Morgan fingerprint density at radius 2 is 1.37 bits per heavy atom. The van der Waals surface area contributed by atoms with Crippen molar-refractivity contribution in [3.8, 4) is 0 Å². The zero-order valence-electron chi connectivity index (χ0n) is 15.9. The average Bonchev–Trinajstić information content (AvgIpc) is 2.76. The summed E-state index contributed by atoms with van der Waals surface area (Å²) in [6.45, 7) is 4.45. The fourth-order valence-electron chi connectivity index (χ4n) is 4.25. The molecule has 0 amide bonds. The first-order valence-electron chi connectivity index (χ1n) is 9.73. The zero-order valence-corrected chi connectivity index (χ0v) is 15.9. The van der Waals surface area contributed by atoms with Gasteiger partial charge in [-0.3, -0.25) is 0 Å². The predicted octanol–water partition coefficient (Wildman–Crippen LogP) is 5.11. The molecule has 1 fully saturated rings. The third kappa shape index (κ3) is 3.33. The second kappa shape index (κ2) is 7.71. The molecule has 0 aliphatic carbocycles. The molecule has 0 unspecified atom stereocenters. The molecule has 1 aliphatic heterocycles. The van der Waals surface area contributed by atoms with E-state index in [2.05, 4.69) is 80.6 Å². The molecule has 27 heavy (non-hydrogen) atoms. The van der Waals surface area contributed by atoms with Crippen LogP contribution in [0.15, 0.2) is 91.0 Å². The minimum absolute atomic E-state index is 0.0367. The van der Waals surface area contributed by atoms with Crippen LogP contribution in [0.1, 0.15) is 37.5 Å². The highest BCUT2D eigenvalue weighted by Gasteiger charge is 2.50. The van der Waals surface area contributed by atoms with Gasteiger partial charge in [0.15, 0.2) is 0 Å². The van der Waals surface area contributed by atoms with Crippen molar-refractivity contribution in [2.75, 3.05) is 0 Å². The molecule has 1 aliphatic rings. The number of rotatable bonds is 4. The van der Waals surface area contributed by atoms with Crippen LogP contribution < -0.4 is 5.46 Å². The van der Waals surface area contributed by atoms with E-state index in [1.54, 1.807) is 0 Å². The van der Waals surface area contributed by atoms with Crippen LogP contribution in [0.25, 0.3) is 0 Å². The van der Waals surface area contributed by atoms with Crippen LogP contribution in [-0.4, -0.2) is 7.12 Å². The Kier molecular flexibility index (Phi) is 5.15. The largest absolute Gasteiger partial charge is 0.495 e. The molecular formula is C24H25BO2. The smallest absolute Gasteiger partial charge is 0.400 e. The van der Waals surface area contributed by atoms with Gasteiger partial charge < -0.3 is 9.31 Å². The Bertz CT molecular complexity index is 853. The fraction of sp³-hybridized carbons (Fsp3) is 0.250. The maximum atomic E-state index is 6.74. The molecule has 1 heterocycles. The zero-order chi connectivity index (χ0) is 18.7. The van der Waals surface area contributed by atoms with Crippen molar-refractivity contribution in [1.29, 1.82) is 0 Å². The molecule has 3 aromatic rings. The molecular weight excluding hydrogens is 331 g/mol. The van der Waals surface area contributed by atoms with Gasteiger partial charge in [0.05, 0.1) is 11.7 Å². The molecule has 0 bridgehead atoms. The van der Waals surface area contributed by atoms with E-state index in [9.17, 15) is 0 Å². The normalized spacial score (nSPS) is 25.3. The van der Waals surface area contributed by atoms with E-state index in [0.29, 0.717) is 0 Å². The van der Waals surface area contributed by atoms with Crippen molar-refractivity contribution in [2.45, 2.75) is 32.0 Å². The summed E-state index contributed by atoms with van der Waals surface area (Å²) in [5, 5.41) is 0. The van der Waals surface area contributed by atoms with Gasteiger partial charge in [-0.05, 0) is 23.0 Å². The quantitative estimate of drug-likeness (QED) is 0.605. The second-order valence-electron chi connectivity index (χ2n) is 7.23. The van der Waals surface area contributed by atoms with Crippen molar-refractivity contribution in [2.24, 2.45) is 5.92 Å². The van der Waals surface area contributed by atoms with Gasteiger partial charge in [-0.1, -0.05) is 105 Å². The predicted molar refractivity (Wildman–Crippen MR) is 111 cm³/mol. The highest BCUT2D eigenvalue weighted by Crippen LogP contribution is 2.48. The van der Waals surface area contributed by atoms with E-state index in [0.717, 1.165) is 11.9 Å². The van der Waals surface area contributed by atoms with Gasteiger partial charge in [0, 0.05) is 5.92 Å². The molecule has 0 aromatic heterocycles. The van der Waals surface area contributed by atoms with E-state index in [1.807, 2.05) is 24.3 Å². The molecule has 136 valence electrons. The lowest BCUT2D eigenvalue weighted by atomic mass is 9.67. The lowest BCUT2D eigenvalue weighted by Crippen LogP contribution is -2.55. The first-order chi connectivity index (χ1) is 13.2. The average molecular weight is 356 g/mol. The van der Waals surface area contributed by atoms with Gasteiger partial charge in [-0.2, -0.15) is 0 Å². The van der Waals surface area contributed by atoms with Crippen molar-refractivity contribution in [1.82, 2.24) is 0 Å². The van der Waals surface area contributed by atoms with E-state index >= 15 is 0 Å². The minimum atomic E-state index is -0.402. The van der Waals surface area contributed by atoms with Crippen LogP contribution in [0, 0.1) is 5.92 Å². The molecule has 0 N–H and O–H groups in total. The van der Waals surface area contributed by atoms with Crippen molar-refractivity contribution in [3.63, 3.8) is 0 Å². The summed E-state index contributed by atoms with van der Waals surface area (Å²) in [4.78, 5) is 0. The molecule has 3 aromatic carbocycles. The first-order valence-corrected chi connectivity index (χ1v) is 9.73. The SMILES string of the molecule is CC[C@]1(c2ccccc2)OB(c2ccccc2)O[C@H](c2ccccc2)[C@@H]1C. The van der Waals surface area contributed by atoms with Crippen molar-refractivity contribution < 1.29 is 9.31 Å². The highest BCUT2D eigenvalue weighted by atomic mass is 16.6. The lowest BCUT2D eigenvalue weighted by Gasteiger charge is -2.49. The number of benzene rings is 3. The molecule has 3 atom stereocenters. The number of hydrogen-bond acceptors (Lipinski definition) is 2. The third-order valence-electron chi connectivity index (χ3n) is 5.76. The van der Waals surface area contributed by atoms with Crippen LogP contribution in [0.5, 0.6) is 0 Å². The van der Waals surface area contributed by atoms with Crippen LogP contribution in [0.2, 0.25) is 0 Å². The van der Waals surface area contributed by atoms with Crippen LogP contribution in [0.4, 0.5) is 0 Å². The van der Waals surface area contributed by atoms with Gasteiger partial charge in [-0.25, -0.2) is 0 Å². The van der Waals surface area contributed by atoms with E-state index < -0.39 is 12.7 Å². The summed E-state index contributed by atoms with van der Waals surface area (Å²) in [6.07, 6.45) is 0.846. The van der Waals surface area contributed by atoms with E-state index in [1.165, 1.54) is 11.1 Å². The first kappa shape index (κ1) is 18.0. The molecule has 4 rings (SSSR count). The maximum Gasteiger partial charge on any atom is 0.495 e. The molecule has 3 heteroatoms. The molecule has 1 saturated heterocycles. The summed E-state index contributed by atoms with van der Waals surface area (Å²) in [5.74, 6) is 0.173. The summed E-state index contributed by atoms with van der Waals surface area (Å²) in [5.41, 5.74) is 3.06. The Hall–Kier alpha value is -2.36. The Balaban J connectivity index is 1.82. The van der Waals surface area contributed by atoms with Gasteiger partial charge in [-0.15, -0.1) is 0 Å². The van der Waals surface area contributed by atoms with Gasteiger partial charge >= 0.3 is 7.12 Å². The Labute approximate surface area is 162 Å². The lowest BCUT2D eigenvalue weighted by molar-refractivity contribution is -0.110. The summed E-state index contributed by atoms with van der Waals surface area (Å²) in [6, 6.07) is 31.3. The maximum absolute atomic E-state index is 6.74. The second-order valence-corrected chi connectivity index (χ2v) is 7.23. The van der Waals surface area contributed by atoms with E-state index in [-0.39, 0.29) is 12.0 Å². The molecule has 2 nitrogen and oxygen atoms in total. The Morgan fingerprint density at radius 1 is 0.815 bits per heavy atom. The van der Waals surface area contributed by atoms with Crippen molar-refractivity contribution >= 4 is 12.6 Å².